The van der Waals surface area contributed by atoms with Crippen molar-refractivity contribution < 1.29 is 9.84 Å². The second-order valence-electron chi connectivity index (χ2n) is 4.65. The molecule has 0 spiro atoms. The van der Waals surface area contributed by atoms with Crippen LogP contribution in [0.4, 0.5) is 0 Å². The summed E-state index contributed by atoms with van der Waals surface area (Å²) < 4.78 is 5.68. The van der Waals surface area contributed by atoms with Crippen LogP contribution in [0.25, 0.3) is 0 Å². The Kier molecular flexibility index (Phi) is 4.35. The van der Waals surface area contributed by atoms with Crippen molar-refractivity contribution in [1.82, 2.24) is 0 Å². The molecule has 1 fully saturated rings. The number of hydrogen-bond donors (Lipinski definition) is 2. The van der Waals surface area contributed by atoms with Gasteiger partial charge in [0.25, 0.3) is 0 Å². The number of aliphatic hydroxyl groups is 1. The molecule has 0 bridgehead atoms. The van der Waals surface area contributed by atoms with Crippen LogP contribution in [-0.4, -0.2) is 29.5 Å². The van der Waals surface area contributed by atoms with Crippen molar-refractivity contribution in [2.75, 3.05) is 6.61 Å². The molecule has 3 nitrogen and oxygen atoms in total. The van der Waals surface area contributed by atoms with E-state index in [1.54, 1.807) is 6.92 Å². The smallest absolute Gasteiger partial charge is 0.0849 e. The maximum Gasteiger partial charge on any atom is 0.0849 e. The van der Waals surface area contributed by atoms with Crippen molar-refractivity contribution in [2.24, 2.45) is 5.73 Å². The molecule has 0 amide bonds. The van der Waals surface area contributed by atoms with Crippen molar-refractivity contribution in [3.05, 3.63) is 0 Å². The first-order valence-corrected chi connectivity index (χ1v) is 5.65. The number of ether oxygens (including phenoxy) is 1. The molecule has 1 saturated carbocycles. The molecule has 3 atom stereocenters. The van der Waals surface area contributed by atoms with E-state index in [0.29, 0.717) is 6.61 Å². The minimum atomic E-state index is -0.697. The number of nitrogens with two attached hydrogens (primary N) is 1. The zero-order valence-electron chi connectivity index (χ0n) is 9.33. The summed E-state index contributed by atoms with van der Waals surface area (Å²) in [5.41, 5.74) is 5.25. The van der Waals surface area contributed by atoms with Crippen LogP contribution in [0, 0.1) is 0 Å². The maximum atomic E-state index is 9.77. The molecular formula is C11H23NO2. The van der Waals surface area contributed by atoms with Gasteiger partial charge in [-0.05, 0) is 26.2 Å². The summed E-state index contributed by atoms with van der Waals surface area (Å²) in [5.74, 6) is 0. The Balaban J connectivity index is 2.29. The molecule has 0 aromatic rings. The van der Waals surface area contributed by atoms with Gasteiger partial charge >= 0.3 is 0 Å². The lowest BCUT2D eigenvalue weighted by atomic mass is 9.93. The fourth-order valence-electron chi connectivity index (χ4n) is 1.72. The zero-order chi connectivity index (χ0) is 10.6. The third kappa shape index (κ3) is 3.56. The van der Waals surface area contributed by atoms with Crippen LogP contribution in [0.3, 0.4) is 0 Å². The second kappa shape index (κ2) is 5.10. The van der Waals surface area contributed by atoms with Crippen molar-refractivity contribution in [1.29, 1.82) is 0 Å². The molecule has 1 rings (SSSR count). The van der Waals surface area contributed by atoms with E-state index in [4.69, 9.17) is 10.5 Å². The fourth-order valence-corrected chi connectivity index (χ4v) is 1.72. The van der Waals surface area contributed by atoms with Crippen LogP contribution in [0.1, 0.15) is 46.0 Å². The van der Waals surface area contributed by atoms with Gasteiger partial charge in [0.15, 0.2) is 0 Å². The zero-order valence-corrected chi connectivity index (χ0v) is 9.33. The van der Waals surface area contributed by atoms with Gasteiger partial charge in [-0.3, -0.25) is 0 Å². The molecule has 3 unspecified atom stereocenters. The molecule has 0 aromatic heterocycles. The van der Waals surface area contributed by atoms with Crippen molar-refractivity contribution in [2.45, 2.75) is 63.7 Å². The molecule has 14 heavy (non-hydrogen) atoms. The summed E-state index contributed by atoms with van der Waals surface area (Å²) in [4.78, 5) is 0. The van der Waals surface area contributed by atoms with Crippen molar-refractivity contribution in [3.63, 3.8) is 0 Å². The van der Waals surface area contributed by atoms with Gasteiger partial charge in [-0.15, -0.1) is 0 Å². The van der Waals surface area contributed by atoms with Gasteiger partial charge in [0.05, 0.1) is 18.3 Å². The molecule has 0 heterocycles. The molecule has 3 N–H and O–H groups in total. The normalized spacial score (nSPS) is 32.6. The van der Waals surface area contributed by atoms with Gasteiger partial charge in [0, 0.05) is 6.04 Å². The molecule has 1 aliphatic carbocycles. The molecule has 0 radical (unpaired) electrons. The Morgan fingerprint density at radius 2 is 2.07 bits per heavy atom. The number of hydrogen-bond acceptors (Lipinski definition) is 3. The molecular weight excluding hydrogens is 178 g/mol. The van der Waals surface area contributed by atoms with Crippen LogP contribution in [-0.2, 0) is 4.74 Å². The lowest BCUT2D eigenvalue weighted by Crippen LogP contribution is -2.42. The first kappa shape index (κ1) is 12.0. The number of rotatable bonds is 4. The third-order valence-corrected chi connectivity index (χ3v) is 3.12. The van der Waals surface area contributed by atoms with E-state index in [1.807, 2.05) is 6.92 Å². The predicted molar refractivity (Wildman–Crippen MR) is 57.1 cm³/mol. The second-order valence-corrected chi connectivity index (χ2v) is 4.65. The Labute approximate surface area is 86.6 Å². The highest BCUT2D eigenvalue weighted by Gasteiger charge is 2.26. The Morgan fingerprint density at radius 3 is 2.64 bits per heavy atom. The highest BCUT2D eigenvalue weighted by Crippen LogP contribution is 2.21. The summed E-state index contributed by atoms with van der Waals surface area (Å²) in [6, 6.07) is 0.163. The van der Waals surface area contributed by atoms with Crippen LogP contribution >= 0.6 is 0 Å². The largest absolute Gasteiger partial charge is 0.388 e. The van der Waals surface area contributed by atoms with E-state index in [-0.39, 0.29) is 12.1 Å². The maximum absolute atomic E-state index is 9.77. The Hall–Kier alpha value is -0.120. The van der Waals surface area contributed by atoms with E-state index in [9.17, 15) is 5.11 Å². The van der Waals surface area contributed by atoms with Gasteiger partial charge in [-0.25, -0.2) is 0 Å². The summed E-state index contributed by atoms with van der Waals surface area (Å²) in [6.45, 7) is 4.17. The van der Waals surface area contributed by atoms with E-state index in [1.165, 1.54) is 12.8 Å². The third-order valence-electron chi connectivity index (χ3n) is 3.12. The van der Waals surface area contributed by atoms with Gasteiger partial charge in [-0.2, -0.15) is 0 Å². The van der Waals surface area contributed by atoms with Gasteiger partial charge in [0.1, 0.15) is 0 Å². The molecule has 0 aliphatic heterocycles. The molecule has 0 aromatic carbocycles. The topological polar surface area (TPSA) is 55.5 Å². The Morgan fingerprint density at radius 1 is 1.43 bits per heavy atom. The quantitative estimate of drug-likeness (QED) is 0.723. The molecule has 84 valence electrons. The first-order chi connectivity index (χ1) is 6.55. The first-order valence-electron chi connectivity index (χ1n) is 5.65. The molecule has 0 saturated heterocycles. The summed E-state index contributed by atoms with van der Waals surface area (Å²) in [6.07, 6.45) is 5.38. The van der Waals surface area contributed by atoms with Crippen LogP contribution in [0.5, 0.6) is 0 Å². The van der Waals surface area contributed by atoms with E-state index >= 15 is 0 Å². The van der Waals surface area contributed by atoms with E-state index in [2.05, 4.69) is 0 Å². The standard InChI is InChI=1S/C11H23NO2/c1-3-11(2,13)8-14-10-7-5-4-6-9(10)12/h9-10,13H,3-8,12H2,1-2H3. The van der Waals surface area contributed by atoms with E-state index < -0.39 is 5.60 Å². The summed E-state index contributed by atoms with van der Waals surface area (Å²) in [5, 5.41) is 9.77. The van der Waals surface area contributed by atoms with Crippen molar-refractivity contribution in [3.8, 4) is 0 Å². The summed E-state index contributed by atoms with van der Waals surface area (Å²) >= 11 is 0. The predicted octanol–water partition coefficient (Wildman–Crippen LogP) is 1.43. The highest BCUT2D eigenvalue weighted by molar-refractivity contribution is 4.80. The van der Waals surface area contributed by atoms with Gasteiger partial charge in [-0.1, -0.05) is 19.8 Å². The summed E-state index contributed by atoms with van der Waals surface area (Å²) in [7, 11) is 0. The fraction of sp³-hybridized carbons (Fsp3) is 1.00. The molecule has 3 heteroatoms. The Bertz CT molecular complexity index is 171. The monoisotopic (exact) mass is 201 g/mol. The van der Waals surface area contributed by atoms with Crippen LogP contribution in [0.2, 0.25) is 0 Å². The molecule has 1 aliphatic rings. The van der Waals surface area contributed by atoms with Crippen LogP contribution in [0.15, 0.2) is 0 Å². The highest BCUT2D eigenvalue weighted by atomic mass is 16.5. The average Bonchev–Trinajstić information content (AvgIpc) is 2.17. The minimum Gasteiger partial charge on any atom is -0.388 e. The van der Waals surface area contributed by atoms with E-state index in [0.717, 1.165) is 19.3 Å². The van der Waals surface area contributed by atoms with Crippen molar-refractivity contribution >= 4 is 0 Å². The van der Waals surface area contributed by atoms with Crippen LogP contribution < -0.4 is 5.73 Å². The average molecular weight is 201 g/mol. The minimum absolute atomic E-state index is 0.154. The lowest BCUT2D eigenvalue weighted by molar-refractivity contribution is -0.0781. The van der Waals surface area contributed by atoms with Gasteiger partial charge < -0.3 is 15.6 Å². The SMILES string of the molecule is CCC(C)(O)COC1CCCCC1N. The van der Waals surface area contributed by atoms with Gasteiger partial charge in [0.2, 0.25) is 0 Å². The lowest BCUT2D eigenvalue weighted by Gasteiger charge is -2.31.